The molecule has 0 unspecified atom stereocenters. The number of hydrogen-bond acceptors (Lipinski definition) is 6. The number of nitrogens with zero attached hydrogens (tertiary/aromatic N) is 2. The van der Waals surface area contributed by atoms with E-state index in [0.717, 1.165) is 16.7 Å². The number of amides is 1. The number of ether oxygens (including phenoxy) is 2. The van der Waals surface area contributed by atoms with Crippen LogP contribution in [0.3, 0.4) is 0 Å². The summed E-state index contributed by atoms with van der Waals surface area (Å²) < 4.78 is 10.6. The van der Waals surface area contributed by atoms with Gasteiger partial charge < -0.3 is 25.5 Å². The number of aromatic nitrogens is 3. The molecule has 0 aliphatic carbocycles. The van der Waals surface area contributed by atoms with Crippen molar-refractivity contribution in [3.63, 3.8) is 0 Å². The minimum Gasteiger partial charge on any atom is -0.454 e. The van der Waals surface area contributed by atoms with Gasteiger partial charge in [-0.1, -0.05) is 6.07 Å². The van der Waals surface area contributed by atoms with Gasteiger partial charge in [-0.05, 0) is 36.2 Å². The number of nitrogens with one attached hydrogen (secondary N) is 2. The summed E-state index contributed by atoms with van der Waals surface area (Å²) in [5.74, 6) is 1.39. The van der Waals surface area contributed by atoms with Crippen molar-refractivity contribution < 1.29 is 14.3 Å². The molecular formula is C18H17N5O3. The summed E-state index contributed by atoms with van der Waals surface area (Å²) in [5, 5.41) is 2.87. The zero-order valence-electron chi connectivity index (χ0n) is 14.1. The Bertz CT molecular complexity index is 983. The maximum absolute atomic E-state index is 12.4. The molecule has 3 aromatic rings. The number of carbonyl (C=O) groups excluding carboxylic acids is 1. The fourth-order valence-corrected chi connectivity index (χ4v) is 2.74. The Kier molecular flexibility index (Phi) is 3.92. The van der Waals surface area contributed by atoms with E-state index in [2.05, 4.69) is 20.3 Å². The highest BCUT2D eigenvalue weighted by molar-refractivity contribution is 5.93. The normalized spacial score (nSPS) is 12.2. The standard InChI is InChI=1S/C18H17N5O3/c1-10-6-22-18(19)23-16(10)12-5-13(20-8-12)17(24)21-7-11-2-3-14-15(4-11)26-9-25-14/h2-6,8,20H,7,9H2,1H3,(H,21,24)(H2,19,22,23). The van der Waals surface area contributed by atoms with Crippen molar-refractivity contribution in [2.24, 2.45) is 0 Å². The second kappa shape index (κ2) is 6.40. The number of nitrogen functional groups attached to an aromatic ring is 1. The molecule has 8 heteroatoms. The number of aromatic amines is 1. The van der Waals surface area contributed by atoms with Gasteiger partial charge >= 0.3 is 0 Å². The molecule has 1 amide bonds. The van der Waals surface area contributed by atoms with Crippen LogP contribution < -0.4 is 20.5 Å². The van der Waals surface area contributed by atoms with E-state index in [-0.39, 0.29) is 18.6 Å². The second-order valence-corrected chi connectivity index (χ2v) is 5.93. The molecule has 132 valence electrons. The van der Waals surface area contributed by atoms with Gasteiger partial charge in [-0.3, -0.25) is 4.79 Å². The monoisotopic (exact) mass is 351 g/mol. The first-order chi connectivity index (χ1) is 12.6. The maximum Gasteiger partial charge on any atom is 0.267 e. The summed E-state index contributed by atoms with van der Waals surface area (Å²) in [4.78, 5) is 23.5. The molecule has 26 heavy (non-hydrogen) atoms. The van der Waals surface area contributed by atoms with Crippen LogP contribution in [0.5, 0.6) is 11.5 Å². The van der Waals surface area contributed by atoms with E-state index in [1.807, 2.05) is 25.1 Å². The minimum absolute atomic E-state index is 0.195. The molecule has 0 saturated carbocycles. The van der Waals surface area contributed by atoms with E-state index in [9.17, 15) is 4.79 Å². The lowest BCUT2D eigenvalue weighted by atomic mass is 10.1. The molecule has 8 nitrogen and oxygen atoms in total. The lowest BCUT2D eigenvalue weighted by Crippen LogP contribution is -2.23. The number of benzene rings is 1. The largest absolute Gasteiger partial charge is 0.454 e. The van der Waals surface area contributed by atoms with Gasteiger partial charge in [-0.25, -0.2) is 9.97 Å². The molecule has 1 aromatic carbocycles. The Hall–Kier alpha value is -3.55. The predicted octanol–water partition coefficient (Wildman–Crippen LogP) is 2.02. The molecule has 0 atom stereocenters. The van der Waals surface area contributed by atoms with Crippen molar-refractivity contribution >= 4 is 11.9 Å². The third-order valence-electron chi connectivity index (χ3n) is 4.08. The van der Waals surface area contributed by atoms with Gasteiger partial charge in [0.1, 0.15) is 5.69 Å². The van der Waals surface area contributed by atoms with Gasteiger partial charge in [0.15, 0.2) is 11.5 Å². The van der Waals surface area contributed by atoms with Crippen LogP contribution in [-0.4, -0.2) is 27.7 Å². The highest BCUT2D eigenvalue weighted by atomic mass is 16.7. The number of hydrogen-bond donors (Lipinski definition) is 3. The molecule has 3 heterocycles. The van der Waals surface area contributed by atoms with E-state index in [1.165, 1.54) is 0 Å². The predicted molar refractivity (Wildman–Crippen MR) is 94.7 cm³/mol. The molecule has 4 N–H and O–H groups in total. The number of anilines is 1. The van der Waals surface area contributed by atoms with Crippen molar-refractivity contribution in [2.75, 3.05) is 12.5 Å². The van der Waals surface area contributed by atoms with Gasteiger partial charge in [-0.2, -0.15) is 0 Å². The van der Waals surface area contributed by atoms with Gasteiger partial charge in [0, 0.05) is 24.5 Å². The SMILES string of the molecule is Cc1cnc(N)nc1-c1c[nH]c(C(=O)NCc2ccc3c(c2)OCO3)c1. The number of fused-ring (bicyclic) bond motifs is 1. The molecule has 1 aliphatic rings. The van der Waals surface area contributed by atoms with Crippen molar-refractivity contribution in [3.8, 4) is 22.8 Å². The van der Waals surface area contributed by atoms with Crippen LogP contribution in [0, 0.1) is 6.92 Å². The summed E-state index contributed by atoms with van der Waals surface area (Å²) in [6.07, 6.45) is 3.38. The number of H-pyrrole nitrogens is 1. The fourth-order valence-electron chi connectivity index (χ4n) is 2.74. The quantitative estimate of drug-likeness (QED) is 0.662. The topological polar surface area (TPSA) is 115 Å². The number of rotatable bonds is 4. The molecule has 0 spiro atoms. The van der Waals surface area contributed by atoms with E-state index < -0.39 is 0 Å². The molecule has 0 saturated heterocycles. The average molecular weight is 351 g/mol. The van der Waals surface area contributed by atoms with Crippen LogP contribution >= 0.6 is 0 Å². The van der Waals surface area contributed by atoms with Crippen LogP contribution in [-0.2, 0) is 6.54 Å². The van der Waals surface area contributed by atoms with E-state index in [4.69, 9.17) is 15.2 Å². The first-order valence-electron chi connectivity index (χ1n) is 8.05. The Labute approximate surface area is 149 Å². The molecular weight excluding hydrogens is 334 g/mol. The van der Waals surface area contributed by atoms with Crippen LogP contribution in [0.4, 0.5) is 5.95 Å². The van der Waals surface area contributed by atoms with Crippen molar-refractivity contribution in [1.29, 1.82) is 0 Å². The van der Waals surface area contributed by atoms with Crippen molar-refractivity contribution in [2.45, 2.75) is 13.5 Å². The molecule has 0 fully saturated rings. The molecule has 0 radical (unpaired) electrons. The maximum atomic E-state index is 12.4. The summed E-state index contributed by atoms with van der Waals surface area (Å²) in [7, 11) is 0. The first-order valence-corrected chi connectivity index (χ1v) is 8.05. The van der Waals surface area contributed by atoms with Crippen molar-refractivity contribution in [1.82, 2.24) is 20.3 Å². The summed E-state index contributed by atoms with van der Waals surface area (Å²) >= 11 is 0. The average Bonchev–Trinajstić information content (AvgIpc) is 3.30. The smallest absolute Gasteiger partial charge is 0.267 e. The molecule has 1 aliphatic heterocycles. The summed E-state index contributed by atoms with van der Waals surface area (Å²) in [5.41, 5.74) is 9.38. The number of nitrogens with two attached hydrogens (primary N) is 1. The lowest BCUT2D eigenvalue weighted by molar-refractivity contribution is 0.0946. The van der Waals surface area contributed by atoms with E-state index >= 15 is 0 Å². The second-order valence-electron chi connectivity index (χ2n) is 5.93. The van der Waals surface area contributed by atoms with Crippen LogP contribution in [0.25, 0.3) is 11.3 Å². The van der Waals surface area contributed by atoms with Gasteiger partial charge in [0.05, 0.1) is 5.69 Å². The zero-order valence-corrected chi connectivity index (χ0v) is 14.1. The first kappa shape index (κ1) is 15.9. The molecule has 2 aromatic heterocycles. The van der Waals surface area contributed by atoms with Gasteiger partial charge in [-0.15, -0.1) is 0 Å². The third kappa shape index (κ3) is 3.04. The van der Waals surface area contributed by atoms with E-state index in [0.29, 0.717) is 29.4 Å². The van der Waals surface area contributed by atoms with E-state index in [1.54, 1.807) is 18.5 Å². The highest BCUT2D eigenvalue weighted by Gasteiger charge is 2.15. The fraction of sp³-hybridized carbons (Fsp3) is 0.167. The molecule has 4 rings (SSSR count). The van der Waals surface area contributed by atoms with Crippen LogP contribution in [0.15, 0.2) is 36.7 Å². The summed E-state index contributed by atoms with van der Waals surface area (Å²) in [6.45, 7) is 2.49. The van der Waals surface area contributed by atoms with Crippen molar-refractivity contribution in [3.05, 3.63) is 53.5 Å². The third-order valence-corrected chi connectivity index (χ3v) is 4.08. The Balaban J connectivity index is 1.46. The van der Waals surface area contributed by atoms with Crippen LogP contribution in [0.1, 0.15) is 21.6 Å². The van der Waals surface area contributed by atoms with Gasteiger partial charge in [0.2, 0.25) is 12.7 Å². The van der Waals surface area contributed by atoms with Crippen LogP contribution in [0.2, 0.25) is 0 Å². The molecule has 0 bridgehead atoms. The summed E-state index contributed by atoms with van der Waals surface area (Å²) in [6, 6.07) is 7.32. The number of carbonyl (C=O) groups is 1. The minimum atomic E-state index is -0.214. The highest BCUT2D eigenvalue weighted by Crippen LogP contribution is 2.32. The Morgan fingerprint density at radius 2 is 2.15 bits per heavy atom. The Morgan fingerprint density at radius 3 is 3.04 bits per heavy atom. The number of aryl methyl sites for hydroxylation is 1. The zero-order chi connectivity index (χ0) is 18.1. The van der Waals surface area contributed by atoms with Gasteiger partial charge in [0.25, 0.3) is 5.91 Å². The Morgan fingerprint density at radius 1 is 1.31 bits per heavy atom. The lowest BCUT2D eigenvalue weighted by Gasteiger charge is -2.05.